The molecule has 0 N–H and O–H groups in total. The van der Waals surface area contributed by atoms with Crippen molar-refractivity contribution in [2.75, 3.05) is 11.5 Å². The summed E-state index contributed by atoms with van der Waals surface area (Å²) < 4.78 is 6.17. The number of Topliss-reactive ketones (excluding diaryl/α,β-unsaturated/α-hetero) is 1. The Kier molecular flexibility index (Phi) is 7.31. The van der Waals surface area contributed by atoms with Gasteiger partial charge in [0, 0.05) is 32.6 Å². The van der Waals surface area contributed by atoms with Crippen molar-refractivity contribution in [2.45, 2.75) is 33.1 Å². The number of ketones is 1. The highest BCUT2D eigenvalue weighted by atomic mass is 79.9. The normalized spacial score (nSPS) is 21.6. The van der Waals surface area contributed by atoms with Gasteiger partial charge in [0.25, 0.3) is 5.69 Å². The van der Waals surface area contributed by atoms with Gasteiger partial charge in [0.15, 0.2) is 6.61 Å². The molecule has 2 saturated carbocycles. The molecule has 4 aromatic rings. The van der Waals surface area contributed by atoms with Crippen LogP contribution in [0.3, 0.4) is 0 Å². The van der Waals surface area contributed by atoms with Gasteiger partial charge in [-0.15, -0.1) is 0 Å². The predicted molar refractivity (Wildman–Crippen MR) is 172 cm³/mol. The molecule has 11 heteroatoms. The number of esters is 1. The molecule has 1 aliphatic heterocycles. The number of halogens is 1. The van der Waals surface area contributed by atoms with Crippen molar-refractivity contribution in [1.29, 1.82) is 0 Å². The molecule has 232 valence electrons. The number of rotatable bonds is 7. The molecule has 1 saturated heterocycles. The minimum Gasteiger partial charge on any atom is -0.454 e. The first-order chi connectivity index (χ1) is 22.0. The van der Waals surface area contributed by atoms with Crippen LogP contribution in [0.15, 0.2) is 65.1 Å². The summed E-state index contributed by atoms with van der Waals surface area (Å²) in [6.07, 6.45) is 2.99. The number of aromatic nitrogens is 1. The number of imide groups is 1. The highest BCUT2D eigenvalue weighted by Gasteiger charge is 2.61. The van der Waals surface area contributed by atoms with Crippen LogP contribution >= 0.6 is 15.9 Å². The summed E-state index contributed by atoms with van der Waals surface area (Å²) in [7, 11) is 0. The van der Waals surface area contributed by atoms with E-state index in [1.807, 2.05) is 13.0 Å². The fourth-order valence-electron chi connectivity index (χ4n) is 7.49. The molecule has 2 heterocycles. The van der Waals surface area contributed by atoms with E-state index < -0.39 is 23.3 Å². The first kappa shape index (κ1) is 29.9. The molecule has 2 bridgehead atoms. The molecule has 0 spiro atoms. The lowest BCUT2D eigenvalue weighted by atomic mass is 9.81. The third-order valence-corrected chi connectivity index (χ3v) is 10.2. The van der Waals surface area contributed by atoms with Crippen LogP contribution in [0.2, 0.25) is 0 Å². The van der Waals surface area contributed by atoms with Gasteiger partial charge in [-0.1, -0.05) is 40.2 Å². The summed E-state index contributed by atoms with van der Waals surface area (Å²) in [5, 5.41) is 11.8. The summed E-state index contributed by atoms with van der Waals surface area (Å²) in [4.78, 5) is 69.9. The summed E-state index contributed by atoms with van der Waals surface area (Å²) in [6, 6.07) is 16.3. The summed E-state index contributed by atoms with van der Waals surface area (Å²) in [5.74, 6) is -1.39. The largest absolute Gasteiger partial charge is 0.454 e. The number of amides is 2. The molecule has 7 rings (SSSR count). The Morgan fingerprint density at radius 1 is 0.957 bits per heavy atom. The van der Waals surface area contributed by atoms with E-state index in [4.69, 9.17) is 9.72 Å². The molecule has 4 atom stereocenters. The maximum atomic E-state index is 13.5. The quantitative estimate of drug-likeness (QED) is 0.0686. The molecule has 3 aliphatic rings. The fourth-order valence-corrected chi connectivity index (χ4v) is 8.06. The number of pyridine rings is 1. The van der Waals surface area contributed by atoms with E-state index in [-0.39, 0.29) is 40.5 Å². The minimum atomic E-state index is -0.757. The van der Waals surface area contributed by atoms with Gasteiger partial charge in [-0.05, 0) is 80.8 Å². The monoisotopic (exact) mass is 681 g/mol. The van der Waals surface area contributed by atoms with Crippen LogP contribution in [0.5, 0.6) is 0 Å². The highest BCUT2D eigenvalue weighted by Crippen LogP contribution is 2.56. The van der Waals surface area contributed by atoms with Crippen molar-refractivity contribution < 1.29 is 28.8 Å². The van der Waals surface area contributed by atoms with Crippen LogP contribution < -0.4 is 4.90 Å². The number of hydrogen-bond donors (Lipinski definition) is 0. The van der Waals surface area contributed by atoms with Gasteiger partial charge >= 0.3 is 5.97 Å². The minimum absolute atomic E-state index is 0.0651. The number of aryl methyl sites for hydroxylation is 2. The van der Waals surface area contributed by atoms with E-state index in [0.29, 0.717) is 45.2 Å². The van der Waals surface area contributed by atoms with Crippen LogP contribution in [0.4, 0.5) is 11.4 Å². The van der Waals surface area contributed by atoms with E-state index >= 15 is 0 Å². The molecule has 0 radical (unpaired) electrons. The number of carbonyl (C=O) groups excluding carboxylic acids is 4. The number of nitro groups is 1. The predicted octanol–water partition coefficient (Wildman–Crippen LogP) is 6.76. The van der Waals surface area contributed by atoms with Crippen molar-refractivity contribution in [3.8, 4) is 11.3 Å². The zero-order chi connectivity index (χ0) is 32.4. The van der Waals surface area contributed by atoms with Crippen molar-refractivity contribution in [2.24, 2.45) is 23.7 Å². The van der Waals surface area contributed by atoms with Gasteiger partial charge in [0.1, 0.15) is 0 Å². The van der Waals surface area contributed by atoms with E-state index in [1.54, 1.807) is 43.3 Å². The number of anilines is 1. The zero-order valence-corrected chi connectivity index (χ0v) is 26.6. The lowest BCUT2D eigenvalue weighted by molar-refractivity contribution is -0.385. The lowest BCUT2D eigenvalue weighted by Crippen LogP contribution is -2.32. The van der Waals surface area contributed by atoms with Crippen molar-refractivity contribution in [1.82, 2.24) is 4.98 Å². The molecule has 2 aliphatic carbocycles. The third-order valence-electron chi connectivity index (χ3n) is 9.70. The first-order valence-corrected chi connectivity index (χ1v) is 15.9. The van der Waals surface area contributed by atoms with Crippen molar-refractivity contribution in [3.05, 3.63) is 97.5 Å². The summed E-state index contributed by atoms with van der Waals surface area (Å²) >= 11 is 3.48. The Hall–Kier alpha value is -4.77. The van der Waals surface area contributed by atoms with Crippen molar-refractivity contribution in [3.63, 3.8) is 0 Å². The molecule has 10 nitrogen and oxygen atoms in total. The molecule has 3 aromatic carbocycles. The van der Waals surface area contributed by atoms with E-state index in [1.165, 1.54) is 23.1 Å². The van der Waals surface area contributed by atoms with Crippen LogP contribution in [0.1, 0.15) is 51.1 Å². The van der Waals surface area contributed by atoms with E-state index in [9.17, 15) is 29.3 Å². The van der Waals surface area contributed by atoms with Crippen LogP contribution in [-0.2, 0) is 14.3 Å². The van der Waals surface area contributed by atoms with Crippen LogP contribution in [0, 0.1) is 47.6 Å². The molecular formula is C35H28BrN3O7. The SMILES string of the molecule is Cc1ccc(C(=O)COC(=O)c2cc(-c3ccc(N4C(=O)C5C6CCC(C6)C5C4=O)cc3)nc3c(C)cc(Br)cc23)cc1[N+](=O)[O-]. The third kappa shape index (κ3) is 4.89. The van der Waals surface area contributed by atoms with Gasteiger partial charge in [-0.3, -0.25) is 29.4 Å². The Balaban J connectivity index is 1.17. The average molecular weight is 683 g/mol. The Morgan fingerprint density at radius 3 is 2.28 bits per heavy atom. The summed E-state index contributed by atoms with van der Waals surface area (Å²) in [5.41, 5.74) is 3.47. The highest BCUT2D eigenvalue weighted by molar-refractivity contribution is 9.10. The zero-order valence-electron chi connectivity index (χ0n) is 25.0. The van der Waals surface area contributed by atoms with Gasteiger partial charge in [0.05, 0.1) is 39.2 Å². The number of nitro benzene ring substituents is 1. The van der Waals surface area contributed by atoms with Crippen molar-refractivity contribution >= 4 is 61.8 Å². The number of ether oxygens (including phenoxy) is 1. The molecule has 46 heavy (non-hydrogen) atoms. The second kappa shape index (κ2) is 11.2. The fraction of sp³-hybridized carbons (Fsp3) is 0.286. The number of fused-ring (bicyclic) bond motifs is 6. The standard InChI is InChI=1S/C35H28BrN3O7/c1-17-3-4-20(13-28(17)39(44)45)29(40)16-46-35(43)26-15-27(37-32-18(2)11-23(36)14-25(26)32)19-7-9-24(10-8-19)38-33(41)30-21-5-6-22(12-21)31(30)34(38)42/h3-4,7-11,13-15,21-22,30-31H,5-6,12,16H2,1-2H3. The molecule has 4 unspecified atom stereocenters. The average Bonchev–Trinajstić information content (AvgIpc) is 3.73. The van der Waals surface area contributed by atoms with Gasteiger partial charge in [0.2, 0.25) is 17.6 Å². The second-order valence-electron chi connectivity index (χ2n) is 12.4. The Morgan fingerprint density at radius 2 is 1.63 bits per heavy atom. The van der Waals surface area contributed by atoms with Gasteiger partial charge in [-0.2, -0.15) is 0 Å². The smallest absolute Gasteiger partial charge is 0.339 e. The number of carbonyl (C=O) groups is 4. The lowest BCUT2D eigenvalue weighted by Gasteiger charge is -2.19. The summed E-state index contributed by atoms with van der Waals surface area (Å²) in [6.45, 7) is 2.83. The Bertz CT molecular complexity index is 1980. The van der Waals surface area contributed by atoms with Crippen LogP contribution in [-0.4, -0.2) is 40.1 Å². The van der Waals surface area contributed by atoms with E-state index in [0.717, 1.165) is 29.3 Å². The Labute approximate surface area is 272 Å². The van der Waals surface area contributed by atoms with Gasteiger partial charge in [-0.25, -0.2) is 9.78 Å². The molecule has 1 aromatic heterocycles. The second-order valence-corrected chi connectivity index (χ2v) is 13.3. The van der Waals surface area contributed by atoms with E-state index in [2.05, 4.69) is 15.9 Å². The molecular weight excluding hydrogens is 654 g/mol. The van der Waals surface area contributed by atoms with Gasteiger partial charge < -0.3 is 4.74 Å². The molecule has 3 fully saturated rings. The maximum Gasteiger partial charge on any atom is 0.339 e. The topological polar surface area (TPSA) is 137 Å². The maximum absolute atomic E-state index is 13.5. The molecule has 2 amide bonds. The number of hydrogen-bond acceptors (Lipinski definition) is 8. The number of nitrogens with zero attached hydrogens (tertiary/aromatic N) is 3. The van der Waals surface area contributed by atoms with Crippen LogP contribution in [0.25, 0.3) is 22.2 Å². The number of benzene rings is 3. The first-order valence-electron chi connectivity index (χ1n) is 15.1.